The molecule has 1 N–H and O–H groups in total. The largest absolute Gasteiger partial charge is 0.383 e. The lowest BCUT2D eigenvalue weighted by molar-refractivity contribution is 0.199. The van der Waals surface area contributed by atoms with Gasteiger partial charge in [-0.15, -0.1) is 5.10 Å². The highest BCUT2D eigenvalue weighted by molar-refractivity contribution is 5.42. The molecular weight excluding hydrogens is 252 g/mol. The van der Waals surface area contributed by atoms with E-state index in [9.17, 15) is 0 Å². The van der Waals surface area contributed by atoms with Crippen LogP contribution < -0.4 is 5.32 Å². The monoisotopic (exact) mass is 272 g/mol. The zero-order chi connectivity index (χ0) is 13.8. The Kier molecular flexibility index (Phi) is 4.08. The molecule has 0 atom stereocenters. The van der Waals surface area contributed by atoms with E-state index in [0.717, 1.165) is 17.9 Å². The average molecular weight is 272 g/mol. The van der Waals surface area contributed by atoms with Crippen molar-refractivity contribution < 1.29 is 4.74 Å². The summed E-state index contributed by atoms with van der Waals surface area (Å²) in [6.07, 6.45) is 5.65. The van der Waals surface area contributed by atoms with Crippen molar-refractivity contribution in [3.63, 3.8) is 0 Å². The lowest BCUT2D eigenvalue weighted by Gasteiger charge is -2.04. The molecule has 1 aromatic heterocycles. The van der Waals surface area contributed by atoms with E-state index in [2.05, 4.69) is 33.8 Å². The van der Waals surface area contributed by atoms with Gasteiger partial charge in [0.05, 0.1) is 24.2 Å². The second-order valence-corrected chi connectivity index (χ2v) is 5.13. The fourth-order valence-corrected chi connectivity index (χ4v) is 2.60. The second-order valence-electron chi connectivity index (χ2n) is 5.13. The first-order valence-electron chi connectivity index (χ1n) is 7.10. The van der Waals surface area contributed by atoms with E-state index in [-0.39, 0.29) is 0 Å². The van der Waals surface area contributed by atoms with Gasteiger partial charge in [-0.25, -0.2) is 4.68 Å². The molecule has 0 fully saturated rings. The van der Waals surface area contributed by atoms with Crippen LogP contribution in [0.15, 0.2) is 24.4 Å². The Morgan fingerprint density at radius 2 is 2.20 bits per heavy atom. The van der Waals surface area contributed by atoms with Gasteiger partial charge >= 0.3 is 0 Å². The Morgan fingerprint density at radius 3 is 3.10 bits per heavy atom. The number of fused-ring (bicyclic) bond motifs is 1. The number of aromatic nitrogens is 3. The SMILES string of the molecule is COCCNCc1cn(-c2ccc3c(c2)CCC3)nn1. The molecule has 5 heteroatoms. The number of nitrogens with one attached hydrogen (secondary N) is 1. The summed E-state index contributed by atoms with van der Waals surface area (Å²) in [6, 6.07) is 6.58. The molecule has 106 valence electrons. The molecule has 5 nitrogen and oxygen atoms in total. The first-order valence-corrected chi connectivity index (χ1v) is 7.10. The number of methoxy groups -OCH3 is 1. The first kappa shape index (κ1) is 13.3. The Balaban J connectivity index is 1.67. The van der Waals surface area contributed by atoms with Crippen LogP contribution in [0.25, 0.3) is 5.69 Å². The summed E-state index contributed by atoms with van der Waals surface area (Å²) in [5, 5.41) is 11.7. The maximum Gasteiger partial charge on any atom is 0.0969 e. The lowest BCUT2D eigenvalue weighted by atomic mass is 10.1. The Labute approximate surface area is 118 Å². The maximum atomic E-state index is 4.99. The van der Waals surface area contributed by atoms with Crippen molar-refractivity contribution in [2.45, 2.75) is 25.8 Å². The number of hydrogen-bond donors (Lipinski definition) is 1. The molecule has 0 aliphatic heterocycles. The number of ether oxygens (including phenoxy) is 1. The van der Waals surface area contributed by atoms with E-state index < -0.39 is 0 Å². The summed E-state index contributed by atoms with van der Waals surface area (Å²) in [6.45, 7) is 2.25. The third-order valence-electron chi connectivity index (χ3n) is 3.68. The summed E-state index contributed by atoms with van der Waals surface area (Å²) in [7, 11) is 1.70. The quantitative estimate of drug-likeness (QED) is 0.810. The Morgan fingerprint density at radius 1 is 1.30 bits per heavy atom. The van der Waals surface area contributed by atoms with Crippen molar-refractivity contribution in [1.29, 1.82) is 0 Å². The molecule has 0 saturated heterocycles. The van der Waals surface area contributed by atoms with Crippen molar-refractivity contribution in [2.75, 3.05) is 20.3 Å². The van der Waals surface area contributed by atoms with E-state index in [1.54, 1.807) is 7.11 Å². The molecule has 0 bridgehead atoms. The molecule has 0 spiro atoms. The molecule has 1 aromatic carbocycles. The van der Waals surface area contributed by atoms with Gasteiger partial charge in [0.15, 0.2) is 0 Å². The maximum absolute atomic E-state index is 4.99. The molecule has 1 heterocycles. The third kappa shape index (κ3) is 2.89. The normalized spacial score (nSPS) is 13.7. The van der Waals surface area contributed by atoms with Crippen molar-refractivity contribution in [2.24, 2.45) is 0 Å². The van der Waals surface area contributed by atoms with Gasteiger partial charge in [0.2, 0.25) is 0 Å². The highest BCUT2D eigenvalue weighted by atomic mass is 16.5. The molecule has 0 radical (unpaired) electrons. The van der Waals surface area contributed by atoms with Crippen LogP contribution in [0.1, 0.15) is 23.2 Å². The standard InChI is InChI=1S/C15H20N4O/c1-20-8-7-16-10-14-11-19(18-17-14)15-6-5-12-3-2-4-13(12)9-15/h5-6,9,11,16H,2-4,7-8,10H2,1H3. The minimum Gasteiger partial charge on any atom is -0.383 e. The fourth-order valence-electron chi connectivity index (χ4n) is 2.60. The number of hydrogen-bond acceptors (Lipinski definition) is 4. The highest BCUT2D eigenvalue weighted by Crippen LogP contribution is 2.24. The summed E-state index contributed by atoms with van der Waals surface area (Å²) in [5.41, 5.74) is 4.98. The van der Waals surface area contributed by atoms with Crippen molar-refractivity contribution in [3.05, 3.63) is 41.2 Å². The van der Waals surface area contributed by atoms with Crippen molar-refractivity contribution in [1.82, 2.24) is 20.3 Å². The summed E-state index contributed by atoms with van der Waals surface area (Å²) >= 11 is 0. The topological polar surface area (TPSA) is 52.0 Å². The first-order chi connectivity index (χ1) is 9.86. The molecule has 3 rings (SSSR count). The molecular formula is C15H20N4O. The molecule has 1 aliphatic carbocycles. The molecule has 1 aliphatic rings. The molecule has 0 unspecified atom stereocenters. The zero-order valence-electron chi connectivity index (χ0n) is 11.8. The number of nitrogens with zero attached hydrogens (tertiary/aromatic N) is 3. The van der Waals surface area contributed by atoms with Crippen LogP contribution >= 0.6 is 0 Å². The van der Waals surface area contributed by atoms with E-state index in [4.69, 9.17) is 4.74 Å². The minimum atomic E-state index is 0.707. The zero-order valence-corrected chi connectivity index (χ0v) is 11.8. The van der Waals surface area contributed by atoms with Gasteiger partial charge in [-0.3, -0.25) is 0 Å². The Bertz CT molecular complexity index is 579. The van der Waals surface area contributed by atoms with Gasteiger partial charge in [-0.2, -0.15) is 0 Å². The Hall–Kier alpha value is -1.72. The van der Waals surface area contributed by atoms with Crippen LogP contribution in [-0.2, 0) is 24.1 Å². The third-order valence-corrected chi connectivity index (χ3v) is 3.68. The van der Waals surface area contributed by atoms with Crippen LogP contribution in [0.2, 0.25) is 0 Å². The minimum absolute atomic E-state index is 0.707. The van der Waals surface area contributed by atoms with E-state index in [1.807, 2.05) is 10.9 Å². The molecule has 0 saturated carbocycles. The van der Waals surface area contributed by atoms with Crippen LogP contribution in [-0.4, -0.2) is 35.3 Å². The molecule has 20 heavy (non-hydrogen) atoms. The second kappa shape index (κ2) is 6.15. The summed E-state index contributed by atoms with van der Waals surface area (Å²) in [5.74, 6) is 0. The van der Waals surface area contributed by atoms with E-state index >= 15 is 0 Å². The van der Waals surface area contributed by atoms with Gasteiger partial charge in [0.25, 0.3) is 0 Å². The predicted molar refractivity (Wildman–Crippen MR) is 77.0 cm³/mol. The summed E-state index contributed by atoms with van der Waals surface area (Å²) < 4.78 is 6.85. The lowest BCUT2D eigenvalue weighted by Crippen LogP contribution is -2.18. The van der Waals surface area contributed by atoms with Crippen molar-refractivity contribution in [3.8, 4) is 5.69 Å². The van der Waals surface area contributed by atoms with Gasteiger partial charge in [0, 0.05) is 20.2 Å². The van der Waals surface area contributed by atoms with Gasteiger partial charge in [0.1, 0.15) is 0 Å². The van der Waals surface area contributed by atoms with Gasteiger partial charge in [-0.1, -0.05) is 11.3 Å². The van der Waals surface area contributed by atoms with Gasteiger partial charge in [-0.05, 0) is 42.5 Å². The van der Waals surface area contributed by atoms with Gasteiger partial charge < -0.3 is 10.1 Å². The van der Waals surface area contributed by atoms with E-state index in [0.29, 0.717) is 13.2 Å². The van der Waals surface area contributed by atoms with Crippen LogP contribution in [0, 0.1) is 0 Å². The van der Waals surface area contributed by atoms with E-state index in [1.165, 1.54) is 30.4 Å². The van der Waals surface area contributed by atoms with Crippen LogP contribution in [0.3, 0.4) is 0 Å². The number of rotatable bonds is 6. The predicted octanol–water partition coefficient (Wildman–Crippen LogP) is 1.49. The molecule has 2 aromatic rings. The van der Waals surface area contributed by atoms with Crippen LogP contribution in [0.5, 0.6) is 0 Å². The van der Waals surface area contributed by atoms with Crippen molar-refractivity contribution >= 4 is 0 Å². The average Bonchev–Trinajstić information content (AvgIpc) is 3.11. The number of aryl methyl sites for hydroxylation is 2. The number of benzene rings is 1. The smallest absolute Gasteiger partial charge is 0.0969 e. The fraction of sp³-hybridized carbons (Fsp3) is 0.467. The molecule has 0 amide bonds. The highest BCUT2D eigenvalue weighted by Gasteiger charge is 2.12. The summed E-state index contributed by atoms with van der Waals surface area (Å²) in [4.78, 5) is 0. The van der Waals surface area contributed by atoms with Crippen LogP contribution in [0.4, 0.5) is 0 Å².